The summed E-state index contributed by atoms with van der Waals surface area (Å²) >= 11 is 0. The summed E-state index contributed by atoms with van der Waals surface area (Å²) in [7, 11) is -4.40. The van der Waals surface area contributed by atoms with Crippen molar-refractivity contribution in [1.82, 2.24) is 4.31 Å². The molecule has 31 heavy (non-hydrogen) atoms. The Hall–Kier alpha value is -2.50. The molecule has 0 bridgehead atoms. The molecule has 2 N–H and O–H groups in total. The van der Waals surface area contributed by atoms with E-state index in [9.17, 15) is 35.9 Å². The first kappa shape index (κ1) is 23.2. The number of benzene rings is 2. The summed E-state index contributed by atoms with van der Waals surface area (Å²) in [4.78, 5) is 11.7. The van der Waals surface area contributed by atoms with Crippen LogP contribution in [0.3, 0.4) is 0 Å². The maximum Gasteiger partial charge on any atom is 0.255 e. The van der Waals surface area contributed by atoms with Crippen LogP contribution in [0, 0.1) is 23.3 Å². The largest absolute Gasteiger partial charge is 0.392 e. The van der Waals surface area contributed by atoms with Crippen LogP contribution in [0.25, 0.3) is 0 Å². The molecule has 0 aliphatic carbocycles. The minimum Gasteiger partial charge on any atom is -0.392 e. The van der Waals surface area contributed by atoms with Gasteiger partial charge in [0.2, 0.25) is 10.0 Å². The summed E-state index contributed by atoms with van der Waals surface area (Å²) in [6.45, 7) is 1.43. The molecular weight excluding hydrogens is 440 g/mol. The van der Waals surface area contributed by atoms with Gasteiger partial charge in [-0.2, -0.15) is 4.31 Å². The minimum absolute atomic E-state index is 0.215. The molecule has 168 valence electrons. The minimum atomic E-state index is -4.40. The lowest BCUT2D eigenvalue weighted by molar-refractivity contribution is 0.102. The van der Waals surface area contributed by atoms with Crippen LogP contribution in [0.15, 0.2) is 35.2 Å². The number of β-amino-alcohol motifs (C(OH)–C–C–N with tert-alkyl or cyclic N) is 1. The Balaban J connectivity index is 1.93. The highest BCUT2D eigenvalue weighted by molar-refractivity contribution is 7.89. The zero-order valence-corrected chi connectivity index (χ0v) is 17.2. The fourth-order valence-corrected chi connectivity index (χ4v) is 5.20. The highest BCUT2D eigenvalue weighted by Gasteiger charge is 2.35. The molecule has 1 amide bonds. The molecule has 2 atom stereocenters. The van der Waals surface area contributed by atoms with E-state index in [1.54, 1.807) is 6.92 Å². The molecule has 0 saturated carbocycles. The van der Waals surface area contributed by atoms with E-state index in [2.05, 4.69) is 5.32 Å². The average Bonchev–Trinajstić information content (AvgIpc) is 2.87. The Kier molecular flexibility index (Phi) is 6.68. The molecule has 0 radical (unpaired) electrons. The number of carbonyl (C=O) groups is 1. The molecule has 1 aliphatic rings. The predicted molar refractivity (Wildman–Crippen MR) is 104 cm³/mol. The second-order valence-corrected chi connectivity index (χ2v) is 9.22. The molecular formula is C20H20F4N2O4S. The maximum atomic E-state index is 14.4. The number of halogens is 4. The van der Waals surface area contributed by atoms with Gasteiger partial charge in [0.05, 0.1) is 6.10 Å². The van der Waals surface area contributed by atoms with Crippen LogP contribution in [-0.2, 0) is 10.0 Å². The van der Waals surface area contributed by atoms with Gasteiger partial charge in [-0.15, -0.1) is 0 Å². The SMILES string of the molecule is CC1CCCC(O)CN1S(=O)(=O)c1cc(C(=O)Nc2cc(F)c(F)c(F)c2)ccc1F. The number of nitrogens with zero attached hydrogens (tertiary/aromatic N) is 1. The van der Waals surface area contributed by atoms with Crippen LogP contribution < -0.4 is 5.32 Å². The lowest BCUT2D eigenvalue weighted by Crippen LogP contribution is -2.41. The highest BCUT2D eigenvalue weighted by Crippen LogP contribution is 2.27. The number of sulfonamides is 1. The average molecular weight is 460 g/mol. The molecule has 1 aliphatic heterocycles. The Morgan fingerprint density at radius 3 is 2.35 bits per heavy atom. The Bertz CT molecular complexity index is 1090. The van der Waals surface area contributed by atoms with Crippen molar-refractivity contribution in [2.75, 3.05) is 11.9 Å². The Labute approximate surface area is 176 Å². The van der Waals surface area contributed by atoms with E-state index in [1.807, 2.05) is 0 Å². The Morgan fingerprint density at radius 1 is 1.06 bits per heavy atom. The molecule has 6 nitrogen and oxygen atoms in total. The van der Waals surface area contributed by atoms with Crippen LogP contribution in [0.4, 0.5) is 23.2 Å². The third-order valence-corrected chi connectivity index (χ3v) is 7.06. The van der Waals surface area contributed by atoms with Crippen LogP contribution in [0.1, 0.15) is 36.5 Å². The van der Waals surface area contributed by atoms with E-state index >= 15 is 0 Å². The monoisotopic (exact) mass is 460 g/mol. The van der Waals surface area contributed by atoms with Gasteiger partial charge in [-0.05, 0) is 44.4 Å². The summed E-state index contributed by atoms with van der Waals surface area (Å²) in [5, 5.41) is 12.1. The molecule has 1 fully saturated rings. The van der Waals surface area contributed by atoms with E-state index < -0.39 is 61.9 Å². The van der Waals surface area contributed by atoms with Crippen LogP contribution >= 0.6 is 0 Å². The summed E-state index contributed by atoms with van der Waals surface area (Å²) in [5.74, 6) is -6.83. The number of nitrogens with one attached hydrogen (secondary N) is 1. The van der Waals surface area contributed by atoms with Crippen molar-refractivity contribution < 1.29 is 35.9 Å². The lowest BCUT2D eigenvalue weighted by Gasteiger charge is -2.27. The normalized spacial score (nSPS) is 20.3. The molecule has 11 heteroatoms. The molecule has 0 aromatic heterocycles. The first-order chi connectivity index (χ1) is 14.5. The smallest absolute Gasteiger partial charge is 0.255 e. The zero-order valence-electron chi connectivity index (χ0n) is 16.4. The molecule has 0 spiro atoms. The van der Waals surface area contributed by atoms with E-state index in [0.717, 1.165) is 22.5 Å². The number of carbonyl (C=O) groups excluding carboxylic acids is 1. The van der Waals surface area contributed by atoms with Crippen molar-refractivity contribution in [2.45, 2.75) is 43.2 Å². The predicted octanol–water partition coefficient (Wildman–Crippen LogP) is 3.42. The number of aliphatic hydroxyl groups is 1. The molecule has 2 aromatic rings. The van der Waals surface area contributed by atoms with Crippen LogP contribution in [0.2, 0.25) is 0 Å². The fraction of sp³-hybridized carbons (Fsp3) is 0.350. The van der Waals surface area contributed by atoms with Crippen LogP contribution in [-0.4, -0.2) is 42.4 Å². The van der Waals surface area contributed by atoms with Gasteiger partial charge in [0.1, 0.15) is 10.7 Å². The van der Waals surface area contributed by atoms with Gasteiger partial charge in [-0.25, -0.2) is 26.0 Å². The van der Waals surface area contributed by atoms with Gasteiger partial charge >= 0.3 is 0 Å². The number of hydrogen-bond acceptors (Lipinski definition) is 4. The van der Waals surface area contributed by atoms with Gasteiger partial charge in [-0.1, -0.05) is 0 Å². The Morgan fingerprint density at radius 2 is 1.71 bits per heavy atom. The van der Waals surface area contributed by atoms with Crippen molar-refractivity contribution in [2.24, 2.45) is 0 Å². The zero-order chi connectivity index (χ0) is 22.9. The lowest BCUT2D eigenvalue weighted by atomic mass is 10.1. The first-order valence-corrected chi connectivity index (χ1v) is 10.9. The third kappa shape index (κ3) is 4.89. The van der Waals surface area contributed by atoms with E-state index in [-0.39, 0.29) is 12.1 Å². The second-order valence-electron chi connectivity index (χ2n) is 7.36. The number of amides is 1. The number of rotatable bonds is 4. The van der Waals surface area contributed by atoms with E-state index in [0.29, 0.717) is 31.4 Å². The van der Waals surface area contributed by atoms with Crippen LogP contribution in [0.5, 0.6) is 0 Å². The summed E-state index contributed by atoms with van der Waals surface area (Å²) in [5.41, 5.74) is -0.701. The maximum absolute atomic E-state index is 14.4. The van der Waals surface area contributed by atoms with E-state index in [4.69, 9.17) is 0 Å². The van der Waals surface area contributed by atoms with Gasteiger partial charge in [0, 0.05) is 36.0 Å². The molecule has 2 unspecified atom stereocenters. The van der Waals surface area contributed by atoms with Crippen molar-refractivity contribution >= 4 is 21.6 Å². The van der Waals surface area contributed by atoms with Gasteiger partial charge < -0.3 is 10.4 Å². The summed E-state index contributed by atoms with van der Waals surface area (Å²) in [6.07, 6.45) is 0.577. The van der Waals surface area contributed by atoms with Crippen molar-refractivity contribution in [3.8, 4) is 0 Å². The number of hydrogen-bond donors (Lipinski definition) is 2. The standard InChI is InChI=1S/C20H20F4N2O4S/c1-11-3-2-4-14(27)10-26(11)31(29,30)18-7-12(5-6-15(18)21)20(28)25-13-8-16(22)19(24)17(23)9-13/h5-9,11,14,27H,2-4,10H2,1H3,(H,25,28). The fourth-order valence-electron chi connectivity index (χ4n) is 3.41. The van der Waals surface area contributed by atoms with Gasteiger partial charge in [-0.3, -0.25) is 4.79 Å². The highest BCUT2D eigenvalue weighted by atomic mass is 32.2. The molecule has 3 rings (SSSR count). The topological polar surface area (TPSA) is 86.7 Å². The van der Waals surface area contributed by atoms with Gasteiger partial charge in [0.25, 0.3) is 5.91 Å². The third-order valence-electron chi connectivity index (χ3n) is 5.06. The van der Waals surface area contributed by atoms with Crippen molar-refractivity contribution in [3.05, 3.63) is 59.2 Å². The number of aliphatic hydroxyl groups excluding tert-OH is 1. The van der Waals surface area contributed by atoms with E-state index in [1.165, 1.54) is 0 Å². The summed E-state index contributed by atoms with van der Waals surface area (Å²) < 4.78 is 81.4. The summed E-state index contributed by atoms with van der Waals surface area (Å²) in [6, 6.07) is 3.20. The van der Waals surface area contributed by atoms with Crippen molar-refractivity contribution in [3.63, 3.8) is 0 Å². The second kappa shape index (κ2) is 8.93. The first-order valence-electron chi connectivity index (χ1n) is 9.46. The number of anilines is 1. The van der Waals surface area contributed by atoms with Crippen molar-refractivity contribution in [1.29, 1.82) is 0 Å². The molecule has 1 heterocycles. The molecule has 1 saturated heterocycles. The molecule has 2 aromatic carbocycles. The van der Waals surface area contributed by atoms with Gasteiger partial charge in [0.15, 0.2) is 17.5 Å². The quantitative estimate of drug-likeness (QED) is 0.541.